The zero-order valence-electron chi connectivity index (χ0n) is 17.3. The number of halogens is 4. The van der Waals surface area contributed by atoms with Crippen LogP contribution in [0.5, 0.6) is 0 Å². The molecule has 1 aromatic carbocycles. The molecule has 0 amide bonds. The Kier molecular flexibility index (Phi) is 9.75. The van der Waals surface area contributed by atoms with E-state index in [-0.39, 0.29) is 24.0 Å². The third-order valence-electron chi connectivity index (χ3n) is 4.89. The third-order valence-corrected chi connectivity index (χ3v) is 4.89. The van der Waals surface area contributed by atoms with Crippen molar-refractivity contribution < 1.29 is 13.2 Å². The molecule has 3 rings (SSSR count). The monoisotopic (exact) mass is 549 g/mol. The van der Waals surface area contributed by atoms with Crippen LogP contribution in [0.15, 0.2) is 47.7 Å². The molecule has 1 aliphatic heterocycles. The maximum Gasteiger partial charge on any atom is 0.416 e. The van der Waals surface area contributed by atoms with Crippen LogP contribution in [0.2, 0.25) is 0 Å². The molecule has 2 N–H and O–H groups in total. The molecule has 0 radical (unpaired) electrons. The van der Waals surface area contributed by atoms with Gasteiger partial charge in [-0.15, -0.1) is 24.0 Å². The summed E-state index contributed by atoms with van der Waals surface area (Å²) in [7, 11) is 1.67. The molecular formula is C20H27F3IN7. The van der Waals surface area contributed by atoms with E-state index in [4.69, 9.17) is 0 Å². The van der Waals surface area contributed by atoms with Gasteiger partial charge in [0.2, 0.25) is 5.95 Å². The van der Waals surface area contributed by atoms with Gasteiger partial charge >= 0.3 is 6.18 Å². The fraction of sp³-hybridized carbons (Fsp3) is 0.450. The van der Waals surface area contributed by atoms with Crippen molar-refractivity contribution in [2.24, 2.45) is 4.99 Å². The van der Waals surface area contributed by atoms with Crippen molar-refractivity contribution in [3.8, 4) is 0 Å². The minimum Gasteiger partial charge on any atom is -0.355 e. The second-order valence-electron chi connectivity index (χ2n) is 6.92. The highest BCUT2D eigenvalue weighted by Gasteiger charge is 2.29. The molecule has 0 unspecified atom stereocenters. The highest BCUT2D eigenvalue weighted by molar-refractivity contribution is 14.0. The Balaban J connectivity index is 0.00000341. The van der Waals surface area contributed by atoms with Gasteiger partial charge in [0.15, 0.2) is 5.96 Å². The number of anilines is 1. The molecular weight excluding hydrogens is 522 g/mol. The second kappa shape index (κ2) is 12.0. The number of hydrogen-bond acceptors (Lipinski definition) is 5. The van der Waals surface area contributed by atoms with Gasteiger partial charge in [-0.3, -0.25) is 9.89 Å². The Morgan fingerprint density at radius 1 is 1.03 bits per heavy atom. The van der Waals surface area contributed by atoms with Gasteiger partial charge in [-0.05, 0) is 23.8 Å². The first-order valence-corrected chi connectivity index (χ1v) is 9.80. The van der Waals surface area contributed by atoms with Crippen LogP contribution in [0.3, 0.4) is 0 Å². The van der Waals surface area contributed by atoms with E-state index in [0.717, 1.165) is 56.4 Å². The molecule has 2 aromatic rings. The fourth-order valence-electron chi connectivity index (χ4n) is 3.18. The van der Waals surface area contributed by atoms with E-state index >= 15 is 0 Å². The Hall–Kier alpha value is -2.15. The first-order chi connectivity index (χ1) is 14.5. The number of alkyl halides is 3. The molecule has 2 heterocycles. The summed E-state index contributed by atoms with van der Waals surface area (Å²) in [5, 5.41) is 6.37. The average molecular weight is 549 g/mol. The maximum atomic E-state index is 12.6. The van der Waals surface area contributed by atoms with Crippen LogP contribution in [0.4, 0.5) is 19.1 Å². The summed E-state index contributed by atoms with van der Waals surface area (Å²) in [6, 6.07) is 6.93. The first-order valence-electron chi connectivity index (χ1n) is 9.80. The highest BCUT2D eigenvalue weighted by Crippen LogP contribution is 2.29. The van der Waals surface area contributed by atoms with Crippen LogP contribution in [0.1, 0.15) is 11.1 Å². The Morgan fingerprint density at radius 2 is 1.68 bits per heavy atom. The summed E-state index contributed by atoms with van der Waals surface area (Å²) in [4.78, 5) is 17.3. The van der Waals surface area contributed by atoms with E-state index in [0.29, 0.717) is 19.0 Å². The lowest BCUT2D eigenvalue weighted by Crippen LogP contribution is -2.49. The number of benzene rings is 1. The minimum absolute atomic E-state index is 0. The molecule has 31 heavy (non-hydrogen) atoms. The number of aromatic nitrogens is 2. The standard InChI is InChI=1S/C20H26F3N7.HI/c1-24-18(28-15-16-3-5-17(6-4-16)20(21,22)23)25-9-10-29-11-13-30(14-12-29)19-26-7-2-8-27-19;/h2-8H,9-15H2,1H3,(H2,24,25,28);1H. The van der Waals surface area contributed by atoms with Crippen LogP contribution < -0.4 is 15.5 Å². The van der Waals surface area contributed by atoms with Crippen LogP contribution in [0.25, 0.3) is 0 Å². The van der Waals surface area contributed by atoms with E-state index in [1.807, 2.05) is 6.07 Å². The van der Waals surface area contributed by atoms with E-state index in [2.05, 4.69) is 35.4 Å². The highest BCUT2D eigenvalue weighted by atomic mass is 127. The molecule has 1 aliphatic rings. The molecule has 170 valence electrons. The molecule has 0 bridgehead atoms. The summed E-state index contributed by atoms with van der Waals surface area (Å²) in [6.07, 6.45) is -0.813. The summed E-state index contributed by atoms with van der Waals surface area (Å²) < 4.78 is 37.9. The zero-order chi connectivity index (χ0) is 21.4. The lowest BCUT2D eigenvalue weighted by molar-refractivity contribution is -0.137. The van der Waals surface area contributed by atoms with Crippen LogP contribution in [-0.2, 0) is 12.7 Å². The Bertz CT molecular complexity index is 808. The van der Waals surface area contributed by atoms with E-state index < -0.39 is 11.7 Å². The van der Waals surface area contributed by atoms with E-state index in [9.17, 15) is 13.2 Å². The third kappa shape index (κ3) is 7.80. The number of guanidine groups is 1. The van der Waals surface area contributed by atoms with Crippen molar-refractivity contribution in [1.29, 1.82) is 0 Å². The SMILES string of the molecule is CN=C(NCCN1CCN(c2ncccn2)CC1)NCc1ccc(C(F)(F)F)cc1.I. The number of rotatable bonds is 6. The van der Waals surface area contributed by atoms with Crippen LogP contribution in [-0.4, -0.2) is 67.1 Å². The molecule has 0 spiro atoms. The predicted molar refractivity (Wildman–Crippen MR) is 126 cm³/mol. The normalized spacial score (nSPS) is 15.4. The number of nitrogens with one attached hydrogen (secondary N) is 2. The molecule has 1 aromatic heterocycles. The fourth-order valence-corrected chi connectivity index (χ4v) is 3.18. The van der Waals surface area contributed by atoms with Crippen molar-refractivity contribution in [2.75, 3.05) is 51.2 Å². The van der Waals surface area contributed by atoms with Crippen molar-refractivity contribution in [3.63, 3.8) is 0 Å². The van der Waals surface area contributed by atoms with Gasteiger partial charge in [0.05, 0.1) is 5.56 Å². The molecule has 0 aliphatic carbocycles. The molecule has 7 nitrogen and oxygen atoms in total. The van der Waals surface area contributed by atoms with Crippen molar-refractivity contribution in [1.82, 2.24) is 25.5 Å². The lowest BCUT2D eigenvalue weighted by atomic mass is 10.1. The van der Waals surface area contributed by atoms with Gasteiger partial charge in [0.25, 0.3) is 0 Å². The van der Waals surface area contributed by atoms with Crippen molar-refractivity contribution >= 4 is 35.9 Å². The van der Waals surface area contributed by atoms with Crippen molar-refractivity contribution in [3.05, 3.63) is 53.9 Å². The van der Waals surface area contributed by atoms with Crippen LogP contribution >= 0.6 is 24.0 Å². The Labute approximate surface area is 197 Å². The number of nitrogens with zero attached hydrogens (tertiary/aromatic N) is 5. The zero-order valence-corrected chi connectivity index (χ0v) is 19.6. The van der Waals surface area contributed by atoms with Gasteiger partial charge in [-0.1, -0.05) is 12.1 Å². The van der Waals surface area contributed by atoms with Crippen LogP contribution in [0, 0.1) is 0 Å². The smallest absolute Gasteiger partial charge is 0.355 e. The number of aliphatic imine (C=N–C) groups is 1. The largest absolute Gasteiger partial charge is 0.416 e. The van der Waals surface area contributed by atoms with Crippen molar-refractivity contribution in [2.45, 2.75) is 12.7 Å². The Morgan fingerprint density at radius 3 is 2.26 bits per heavy atom. The topological polar surface area (TPSA) is 68.7 Å². The van der Waals surface area contributed by atoms with Gasteiger partial charge in [0.1, 0.15) is 0 Å². The molecule has 1 saturated heterocycles. The summed E-state index contributed by atoms with van der Waals surface area (Å²) in [5.74, 6) is 1.38. The first kappa shape index (κ1) is 25.1. The second-order valence-corrected chi connectivity index (χ2v) is 6.92. The predicted octanol–water partition coefficient (Wildman–Crippen LogP) is 2.60. The van der Waals surface area contributed by atoms with Gasteiger partial charge in [-0.25, -0.2) is 9.97 Å². The summed E-state index contributed by atoms with van der Waals surface area (Å²) in [6.45, 7) is 5.59. The molecule has 0 saturated carbocycles. The number of hydrogen-bond donors (Lipinski definition) is 2. The van der Waals surface area contributed by atoms with Gasteiger partial charge < -0.3 is 15.5 Å². The minimum atomic E-state index is -4.32. The quantitative estimate of drug-likeness (QED) is 0.328. The maximum absolute atomic E-state index is 12.6. The number of piperazine rings is 1. The molecule has 0 atom stereocenters. The summed E-state index contributed by atoms with van der Waals surface area (Å²) >= 11 is 0. The van der Waals surface area contributed by atoms with E-state index in [1.165, 1.54) is 12.1 Å². The van der Waals surface area contributed by atoms with E-state index in [1.54, 1.807) is 19.4 Å². The van der Waals surface area contributed by atoms with Gasteiger partial charge in [-0.2, -0.15) is 13.2 Å². The molecule has 1 fully saturated rings. The molecule has 11 heteroatoms. The van der Waals surface area contributed by atoms with Gasteiger partial charge in [0, 0.05) is 65.3 Å². The summed E-state index contributed by atoms with van der Waals surface area (Å²) in [5.41, 5.74) is 0.109. The average Bonchev–Trinajstić information content (AvgIpc) is 2.77. The lowest BCUT2D eigenvalue weighted by Gasteiger charge is -2.34.